The number of benzene rings is 1. The Labute approximate surface area is 165 Å². The van der Waals surface area contributed by atoms with Gasteiger partial charge in [0.2, 0.25) is 15.9 Å². The molecule has 9 heteroatoms. The van der Waals surface area contributed by atoms with Gasteiger partial charge in [-0.15, -0.1) is 6.42 Å². The van der Waals surface area contributed by atoms with Crippen molar-refractivity contribution in [3.05, 3.63) is 29.8 Å². The van der Waals surface area contributed by atoms with Gasteiger partial charge in [-0.1, -0.05) is 12.0 Å². The summed E-state index contributed by atoms with van der Waals surface area (Å²) < 4.78 is 26.8. The molecule has 3 rings (SSSR count). The Balaban J connectivity index is 1.76. The molecule has 28 heavy (non-hydrogen) atoms. The van der Waals surface area contributed by atoms with Crippen molar-refractivity contribution in [1.82, 2.24) is 19.4 Å². The van der Waals surface area contributed by atoms with Crippen molar-refractivity contribution in [1.29, 1.82) is 0 Å². The van der Waals surface area contributed by atoms with Crippen LogP contribution in [-0.4, -0.2) is 86.7 Å². The number of hydrogen-bond donors (Lipinski definition) is 1. The van der Waals surface area contributed by atoms with Crippen molar-refractivity contribution in [3.8, 4) is 12.3 Å². The lowest BCUT2D eigenvalue weighted by molar-refractivity contribution is -0.122. The fraction of sp³-hybridized carbons (Fsp3) is 0.474. The van der Waals surface area contributed by atoms with Crippen LogP contribution < -0.4 is 5.32 Å². The van der Waals surface area contributed by atoms with Crippen LogP contribution in [-0.2, 0) is 14.8 Å². The molecule has 1 N–H and O–H groups in total. The van der Waals surface area contributed by atoms with E-state index in [2.05, 4.69) is 16.1 Å². The molecule has 2 amide bonds. The second-order valence-electron chi connectivity index (χ2n) is 6.84. The predicted octanol–water partition coefficient (Wildman–Crippen LogP) is -0.412. The summed E-state index contributed by atoms with van der Waals surface area (Å²) in [6, 6.07) is 6.03. The zero-order chi connectivity index (χ0) is 20.1. The minimum Gasteiger partial charge on any atom is -0.354 e. The first-order valence-corrected chi connectivity index (χ1v) is 10.7. The molecule has 0 saturated carbocycles. The smallest absolute Gasteiger partial charge is 0.253 e. The number of sulfonamides is 1. The van der Waals surface area contributed by atoms with Gasteiger partial charge < -0.3 is 10.2 Å². The average molecular weight is 404 g/mol. The Morgan fingerprint density at radius 1 is 1.18 bits per heavy atom. The van der Waals surface area contributed by atoms with Gasteiger partial charge in [0, 0.05) is 44.8 Å². The van der Waals surface area contributed by atoms with Crippen LogP contribution in [0.15, 0.2) is 29.2 Å². The summed E-state index contributed by atoms with van der Waals surface area (Å²) in [5.41, 5.74) is 0.327. The summed E-state index contributed by atoms with van der Waals surface area (Å²) in [6.45, 7) is 3.50. The largest absolute Gasteiger partial charge is 0.354 e. The van der Waals surface area contributed by atoms with Crippen molar-refractivity contribution in [3.63, 3.8) is 0 Å². The van der Waals surface area contributed by atoms with E-state index in [0.29, 0.717) is 31.7 Å². The van der Waals surface area contributed by atoms with Gasteiger partial charge in [0.1, 0.15) is 0 Å². The molecule has 2 heterocycles. The van der Waals surface area contributed by atoms with Crippen LogP contribution in [0.1, 0.15) is 16.8 Å². The van der Waals surface area contributed by atoms with Crippen molar-refractivity contribution >= 4 is 21.8 Å². The van der Waals surface area contributed by atoms with E-state index in [1.54, 1.807) is 17.0 Å². The number of amides is 2. The number of terminal acetylenes is 1. The van der Waals surface area contributed by atoms with E-state index in [0.717, 1.165) is 17.3 Å². The summed E-state index contributed by atoms with van der Waals surface area (Å²) in [5.74, 6) is 2.09. The Hall–Kier alpha value is -2.41. The lowest BCUT2D eigenvalue weighted by Gasteiger charge is -2.26. The molecular weight excluding hydrogens is 380 g/mol. The van der Waals surface area contributed by atoms with Gasteiger partial charge in [0.15, 0.2) is 0 Å². The number of nitrogens with zero attached hydrogens (tertiary/aromatic N) is 3. The van der Waals surface area contributed by atoms with Crippen LogP contribution in [0.4, 0.5) is 0 Å². The third kappa shape index (κ3) is 4.52. The molecule has 0 radical (unpaired) electrons. The first-order valence-electron chi connectivity index (χ1n) is 9.24. The van der Waals surface area contributed by atoms with E-state index in [9.17, 15) is 18.0 Å². The minimum atomic E-state index is -3.83. The third-order valence-corrected chi connectivity index (χ3v) is 6.75. The highest BCUT2D eigenvalue weighted by Crippen LogP contribution is 2.19. The van der Waals surface area contributed by atoms with Crippen LogP contribution in [0.3, 0.4) is 0 Å². The van der Waals surface area contributed by atoms with Crippen LogP contribution in [0.25, 0.3) is 0 Å². The first-order chi connectivity index (χ1) is 13.4. The normalized spacial score (nSPS) is 19.5. The number of carbonyl (C=O) groups excluding carboxylic acids is 2. The zero-order valence-corrected chi connectivity index (χ0v) is 16.5. The van der Waals surface area contributed by atoms with Gasteiger partial charge in [-0.2, -0.15) is 4.31 Å². The first kappa shape index (κ1) is 20.3. The predicted molar refractivity (Wildman–Crippen MR) is 104 cm³/mol. The van der Waals surface area contributed by atoms with Crippen LogP contribution in [0.2, 0.25) is 0 Å². The van der Waals surface area contributed by atoms with Gasteiger partial charge in [-0.05, 0) is 24.6 Å². The van der Waals surface area contributed by atoms with Crippen molar-refractivity contribution in [2.24, 2.45) is 0 Å². The molecule has 0 aliphatic carbocycles. The molecule has 0 unspecified atom stereocenters. The van der Waals surface area contributed by atoms with Gasteiger partial charge in [-0.3, -0.25) is 14.5 Å². The molecule has 1 aromatic carbocycles. The Kier molecular flexibility index (Phi) is 6.34. The average Bonchev–Trinajstić information content (AvgIpc) is 2.93. The SMILES string of the molecule is C#CCN1CCCN(C(=O)c2cccc(S(=O)(=O)N3CCNC(=O)C3)c2)CC1. The van der Waals surface area contributed by atoms with E-state index in [-0.39, 0.29) is 36.3 Å². The lowest BCUT2D eigenvalue weighted by Crippen LogP contribution is -2.49. The number of piperazine rings is 1. The van der Waals surface area contributed by atoms with Crippen LogP contribution in [0, 0.1) is 12.3 Å². The molecule has 0 atom stereocenters. The van der Waals surface area contributed by atoms with Crippen molar-refractivity contribution in [2.75, 3.05) is 52.4 Å². The summed E-state index contributed by atoms with van der Waals surface area (Å²) in [6.07, 6.45) is 6.18. The fourth-order valence-corrected chi connectivity index (χ4v) is 4.85. The molecule has 2 aliphatic rings. The maximum Gasteiger partial charge on any atom is 0.253 e. The molecule has 0 spiro atoms. The minimum absolute atomic E-state index is 0.0248. The van der Waals surface area contributed by atoms with Gasteiger partial charge in [0.05, 0.1) is 18.0 Å². The fourth-order valence-electron chi connectivity index (χ4n) is 3.40. The standard InChI is InChI=1S/C19H24N4O4S/c1-2-8-21-9-4-10-22(13-12-21)19(25)16-5-3-6-17(14-16)28(26,27)23-11-7-20-18(24)15-23/h1,3,5-6,14H,4,7-13,15H2,(H,20,24). The molecule has 2 aliphatic heterocycles. The molecule has 8 nitrogen and oxygen atoms in total. The number of hydrogen-bond acceptors (Lipinski definition) is 5. The van der Waals surface area contributed by atoms with Crippen molar-refractivity contribution in [2.45, 2.75) is 11.3 Å². The molecular formula is C19H24N4O4S. The van der Waals surface area contributed by atoms with E-state index in [1.807, 2.05) is 0 Å². The molecule has 150 valence electrons. The van der Waals surface area contributed by atoms with Gasteiger partial charge in [-0.25, -0.2) is 8.42 Å². The van der Waals surface area contributed by atoms with Crippen molar-refractivity contribution < 1.29 is 18.0 Å². The Morgan fingerprint density at radius 3 is 2.75 bits per heavy atom. The molecule has 0 bridgehead atoms. The highest BCUT2D eigenvalue weighted by atomic mass is 32.2. The molecule has 2 fully saturated rings. The summed E-state index contributed by atoms with van der Waals surface area (Å²) in [7, 11) is -3.83. The molecule has 2 saturated heterocycles. The van der Waals surface area contributed by atoms with E-state index < -0.39 is 10.0 Å². The number of nitrogens with one attached hydrogen (secondary N) is 1. The van der Waals surface area contributed by atoms with Gasteiger partial charge >= 0.3 is 0 Å². The lowest BCUT2D eigenvalue weighted by atomic mass is 10.2. The Bertz CT molecular complexity index is 893. The molecule has 0 aromatic heterocycles. The summed E-state index contributed by atoms with van der Waals surface area (Å²) >= 11 is 0. The molecule has 1 aromatic rings. The van der Waals surface area contributed by atoms with E-state index in [1.165, 1.54) is 12.1 Å². The van der Waals surface area contributed by atoms with Crippen LogP contribution >= 0.6 is 0 Å². The maximum atomic E-state index is 12.9. The Morgan fingerprint density at radius 2 is 2.00 bits per heavy atom. The van der Waals surface area contributed by atoms with Crippen LogP contribution in [0.5, 0.6) is 0 Å². The zero-order valence-electron chi connectivity index (χ0n) is 15.6. The number of rotatable bonds is 4. The second-order valence-corrected chi connectivity index (χ2v) is 8.78. The summed E-state index contributed by atoms with van der Waals surface area (Å²) in [5, 5.41) is 2.60. The maximum absolute atomic E-state index is 12.9. The third-order valence-electron chi connectivity index (χ3n) is 4.91. The monoisotopic (exact) mass is 404 g/mol. The number of carbonyl (C=O) groups is 2. The topological polar surface area (TPSA) is 90.0 Å². The van der Waals surface area contributed by atoms with Gasteiger partial charge in [0.25, 0.3) is 5.91 Å². The highest BCUT2D eigenvalue weighted by Gasteiger charge is 2.30. The van der Waals surface area contributed by atoms with E-state index >= 15 is 0 Å². The van der Waals surface area contributed by atoms with E-state index in [4.69, 9.17) is 6.42 Å². The second kappa shape index (κ2) is 8.73. The highest BCUT2D eigenvalue weighted by molar-refractivity contribution is 7.89. The quantitative estimate of drug-likeness (QED) is 0.689. The summed E-state index contributed by atoms with van der Waals surface area (Å²) in [4.78, 5) is 28.3.